The summed E-state index contributed by atoms with van der Waals surface area (Å²) in [7, 11) is 0. The average Bonchev–Trinajstić information content (AvgIpc) is 3.03. The Bertz CT molecular complexity index is 600. The van der Waals surface area contributed by atoms with Gasteiger partial charge in [-0.2, -0.15) is 4.98 Å². The van der Waals surface area contributed by atoms with Gasteiger partial charge in [-0.05, 0) is 12.8 Å². The highest BCUT2D eigenvalue weighted by atomic mass is 16.5. The number of urea groups is 1. The summed E-state index contributed by atoms with van der Waals surface area (Å²) in [6.07, 6.45) is 1.15. The molecule has 2 amide bonds. The topological polar surface area (TPSA) is 228 Å². The molecule has 0 aromatic carbocycles. The summed E-state index contributed by atoms with van der Waals surface area (Å²) in [5, 5.41) is 25.6. The standard InChI is InChI=1S/C12H22N8O5/c13-6(2-1-3-16-11(14)15)9-19-8(25-20-9)4-17-12(24)18-7(5-21)10(22)23/h6-7,21H,1-5,13H2,(H,22,23)(H4,14,15,16)(H2,17,18,24)/t6-,7-/m0/s1. The van der Waals surface area contributed by atoms with Gasteiger partial charge in [-0.3, -0.25) is 4.99 Å². The van der Waals surface area contributed by atoms with E-state index in [9.17, 15) is 9.59 Å². The van der Waals surface area contributed by atoms with Crippen LogP contribution in [0.4, 0.5) is 4.79 Å². The lowest BCUT2D eigenvalue weighted by Crippen LogP contribution is -2.47. The second-order valence-electron chi connectivity index (χ2n) is 5.00. The van der Waals surface area contributed by atoms with Gasteiger partial charge in [-0.15, -0.1) is 0 Å². The Labute approximate surface area is 142 Å². The zero-order chi connectivity index (χ0) is 18.8. The largest absolute Gasteiger partial charge is 0.480 e. The summed E-state index contributed by atoms with van der Waals surface area (Å²) in [5.74, 6) is -0.989. The number of aliphatic hydroxyl groups is 1. The van der Waals surface area contributed by atoms with Crippen LogP contribution in [0.2, 0.25) is 0 Å². The molecule has 10 N–H and O–H groups in total. The molecule has 0 aliphatic carbocycles. The SMILES string of the molecule is NC(N)=NCCC[C@H](N)c1noc(CNC(=O)N[C@@H](CO)C(=O)O)n1. The molecule has 13 heteroatoms. The molecule has 2 atom stereocenters. The number of nitrogens with one attached hydrogen (secondary N) is 2. The Balaban J connectivity index is 2.40. The lowest BCUT2D eigenvalue weighted by atomic mass is 10.1. The minimum Gasteiger partial charge on any atom is -0.480 e. The molecular formula is C12H22N8O5. The molecule has 25 heavy (non-hydrogen) atoms. The third kappa shape index (κ3) is 7.45. The van der Waals surface area contributed by atoms with Gasteiger partial charge in [0.25, 0.3) is 0 Å². The summed E-state index contributed by atoms with van der Waals surface area (Å²) < 4.78 is 4.94. The van der Waals surface area contributed by atoms with E-state index in [0.717, 1.165) is 0 Å². The van der Waals surface area contributed by atoms with Gasteiger partial charge < -0.3 is 42.6 Å². The van der Waals surface area contributed by atoms with Crippen molar-refractivity contribution in [1.29, 1.82) is 0 Å². The number of aliphatic hydroxyl groups excluding tert-OH is 1. The molecule has 0 saturated carbocycles. The maximum absolute atomic E-state index is 11.5. The highest BCUT2D eigenvalue weighted by Gasteiger charge is 2.19. The van der Waals surface area contributed by atoms with Gasteiger partial charge in [0, 0.05) is 6.54 Å². The van der Waals surface area contributed by atoms with Crippen LogP contribution in [0.25, 0.3) is 0 Å². The van der Waals surface area contributed by atoms with E-state index in [1.54, 1.807) is 0 Å². The number of carbonyl (C=O) groups is 2. The van der Waals surface area contributed by atoms with Crippen LogP contribution in [0.1, 0.15) is 30.6 Å². The molecule has 1 rings (SSSR count). The zero-order valence-corrected chi connectivity index (χ0v) is 13.4. The third-order valence-electron chi connectivity index (χ3n) is 2.97. The highest BCUT2D eigenvalue weighted by molar-refractivity contribution is 5.82. The second-order valence-corrected chi connectivity index (χ2v) is 5.00. The fraction of sp³-hybridized carbons (Fsp3) is 0.583. The number of rotatable bonds is 10. The first-order valence-corrected chi connectivity index (χ1v) is 7.35. The first-order chi connectivity index (χ1) is 11.8. The van der Waals surface area contributed by atoms with E-state index < -0.39 is 30.7 Å². The van der Waals surface area contributed by atoms with Crippen LogP contribution < -0.4 is 27.8 Å². The van der Waals surface area contributed by atoms with Crippen LogP contribution in [-0.4, -0.2) is 57.5 Å². The van der Waals surface area contributed by atoms with E-state index >= 15 is 0 Å². The molecule has 140 valence electrons. The van der Waals surface area contributed by atoms with Crippen LogP contribution in [-0.2, 0) is 11.3 Å². The number of nitrogens with zero attached hydrogens (tertiary/aromatic N) is 3. The van der Waals surface area contributed by atoms with E-state index in [0.29, 0.717) is 19.4 Å². The van der Waals surface area contributed by atoms with Crippen molar-refractivity contribution in [1.82, 2.24) is 20.8 Å². The Morgan fingerprint density at radius 3 is 2.68 bits per heavy atom. The maximum atomic E-state index is 11.5. The molecule has 0 spiro atoms. The predicted octanol–water partition coefficient (Wildman–Crippen LogP) is -2.63. The molecule has 0 aliphatic rings. The highest BCUT2D eigenvalue weighted by Crippen LogP contribution is 2.12. The normalized spacial score (nSPS) is 12.9. The van der Waals surface area contributed by atoms with Crippen LogP contribution in [0.5, 0.6) is 0 Å². The molecule has 13 nitrogen and oxygen atoms in total. The molecule has 1 heterocycles. The van der Waals surface area contributed by atoms with Gasteiger partial charge in [0.1, 0.15) is 0 Å². The molecule has 0 radical (unpaired) electrons. The molecule has 0 aliphatic heterocycles. The van der Waals surface area contributed by atoms with Crippen molar-refractivity contribution in [2.75, 3.05) is 13.2 Å². The van der Waals surface area contributed by atoms with Crippen LogP contribution in [0.3, 0.4) is 0 Å². The third-order valence-corrected chi connectivity index (χ3v) is 2.97. The monoisotopic (exact) mass is 358 g/mol. The number of carboxylic acid groups (broad SMARTS) is 1. The lowest BCUT2D eigenvalue weighted by molar-refractivity contribution is -0.140. The summed E-state index contributed by atoms with van der Waals surface area (Å²) in [4.78, 5) is 30.1. The molecule has 1 aromatic rings. The minimum absolute atomic E-state index is 0.00565. The van der Waals surface area contributed by atoms with Gasteiger partial charge in [-0.25, -0.2) is 9.59 Å². The number of guanidine groups is 1. The number of aliphatic imine (C=N–C) groups is 1. The van der Waals surface area contributed by atoms with Crippen molar-refractivity contribution in [3.63, 3.8) is 0 Å². The van der Waals surface area contributed by atoms with E-state index in [-0.39, 0.29) is 24.2 Å². The van der Waals surface area contributed by atoms with E-state index in [4.69, 9.17) is 31.9 Å². The molecule has 0 bridgehead atoms. The number of aliphatic carboxylic acids is 1. The molecule has 0 unspecified atom stereocenters. The molecule has 0 fully saturated rings. The lowest BCUT2D eigenvalue weighted by Gasteiger charge is -2.11. The number of amides is 2. The number of carbonyl (C=O) groups excluding carboxylic acids is 1. The number of aromatic nitrogens is 2. The Hall–Kier alpha value is -2.93. The van der Waals surface area contributed by atoms with E-state index in [2.05, 4.69) is 25.8 Å². The second kappa shape index (κ2) is 10.0. The van der Waals surface area contributed by atoms with Gasteiger partial charge in [0.05, 0.1) is 19.2 Å². The number of nitrogens with two attached hydrogens (primary N) is 3. The smallest absolute Gasteiger partial charge is 0.328 e. The Morgan fingerprint density at radius 2 is 2.08 bits per heavy atom. The zero-order valence-electron chi connectivity index (χ0n) is 13.4. The maximum Gasteiger partial charge on any atom is 0.328 e. The summed E-state index contributed by atoms with van der Waals surface area (Å²) >= 11 is 0. The average molecular weight is 358 g/mol. The molecule has 1 aromatic heterocycles. The summed E-state index contributed by atoms with van der Waals surface area (Å²) in [5.41, 5.74) is 16.3. The Morgan fingerprint density at radius 1 is 1.36 bits per heavy atom. The van der Waals surface area contributed by atoms with Gasteiger partial charge in [-0.1, -0.05) is 5.16 Å². The van der Waals surface area contributed by atoms with Crippen LogP contribution in [0, 0.1) is 0 Å². The molecule has 0 saturated heterocycles. The number of hydrogen-bond acceptors (Lipinski definition) is 8. The van der Waals surface area contributed by atoms with Gasteiger partial charge >= 0.3 is 12.0 Å². The number of hydrogen-bond donors (Lipinski definition) is 7. The first-order valence-electron chi connectivity index (χ1n) is 7.35. The van der Waals surface area contributed by atoms with Crippen LogP contribution in [0.15, 0.2) is 9.52 Å². The van der Waals surface area contributed by atoms with E-state index in [1.807, 2.05) is 0 Å². The van der Waals surface area contributed by atoms with Crippen molar-refractivity contribution >= 4 is 18.0 Å². The number of carboxylic acids is 1. The van der Waals surface area contributed by atoms with E-state index in [1.165, 1.54) is 0 Å². The molecular weight excluding hydrogens is 336 g/mol. The van der Waals surface area contributed by atoms with Gasteiger partial charge in [0.2, 0.25) is 5.89 Å². The first kappa shape index (κ1) is 20.1. The van der Waals surface area contributed by atoms with Crippen molar-refractivity contribution in [2.45, 2.75) is 31.5 Å². The fourth-order valence-electron chi connectivity index (χ4n) is 1.69. The minimum atomic E-state index is -1.41. The Kier molecular flexibility index (Phi) is 8.08. The fourth-order valence-corrected chi connectivity index (χ4v) is 1.69. The summed E-state index contributed by atoms with van der Waals surface area (Å²) in [6.45, 7) is -0.433. The van der Waals surface area contributed by atoms with Gasteiger partial charge in [0.15, 0.2) is 17.8 Å². The summed E-state index contributed by atoms with van der Waals surface area (Å²) in [6, 6.07) is -2.69. The van der Waals surface area contributed by atoms with Crippen LogP contribution >= 0.6 is 0 Å². The van der Waals surface area contributed by atoms with Crippen molar-refractivity contribution in [3.05, 3.63) is 11.7 Å². The predicted molar refractivity (Wildman–Crippen MR) is 85.0 cm³/mol. The quantitative estimate of drug-likeness (QED) is 0.131. The van der Waals surface area contributed by atoms with Crippen molar-refractivity contribution < 1.29 is 24.3 Å². The van der Waals surface area contributed by atoms with Crippen molar-refractivity contribution in [2.24, 2.45) is 22.2 Å². The van der Waals surface area contributed by atoms with Crippen molar-refractivity contribution in [3.8, 4) is 0 Å².